The molecule has 2 amide bonds. The number of rotatable bonds is 5. The molecule has 0 radical (unpaired) electrons. The summed E-state index contributed by atoms with van der Waals surface area (Å²) in [5, 5.41) is 11.0. The summed E-state index contributed by atoms with van der Waals surface area (Å²) in [6.45, 7) is 4.12. The second-order valence-electron chi connectivity index (χ2n) is 6.96. The van der Waals surface area contributed by atoms with Crippen molar-refractivity contribution in [2.24, 2.45) is 0 Å². The minimum atomic E-state index is -0.209. The number of hydrogen-bond acceptors (Lipinski definition) is 5. The second kappa shape index (κ2) is 8.64. The van der Waals surface area contributed by atoms with E-state index in [9.17, 15) is 4.79 Å². The number of amides is 2. The van der Waals surface area contributed by atoms with Crippen LogP contribution in [0.2, 0.25) is 0 Å². The lowest BCUT2D eigenvalue weighted by Gasteiger charge is -2.19. The van der Waals surface area contributed by atoms with E-state index in [0.717, 1.165) is 37.0 Å². The van der Waals surface area contributed by atoms with Crippen LogP contribution >= 0.6 is 12.4 Å². The number of urea groups is 1. The summed E-state index contributed by atoms with van der Waals surface area (Å²) in [4.78, 5) is 23.0. The van der Waals surface area contributed by atoms with Crippen molar-refractivity contribution in [3.63, 3.8) is 0 Å². The zero-order chi connectivity index (χ0) is 17.1. The summed E-state index contributed by atoms with van der Waals surface area (Å²) in [5.41, 5.74) is 0.770. The van der Waals surface area contributed by atoms with Gasteiger partial charge in [0.25, 0.3) is 0 Å². The maximum Gasteiger partial charge on any atom is 0.320 e. The second-order valence-corrected chi connectivity index (χ2v) is 6.96. The summed E-state index contributed by atoms with van der Waals surface area (Å²) >= 11 is 0. The minimum Gasteiger partial charge on any atom is -0.335 e. The third-order valence-corrected chi connectivity index (χ3v) is 4.90. The number of halogens is 1. The van der Waals surface area contributed by atoms with Gasteiger partial charge in [-0.3, -0.25) is 5.32 Å². The molecule has 1 saturated carbocycles. The number of aromatic nitrogens is 4. The van der Waals surface area contributed by atoms with Crippen molar-refractivity contribution in [3.8, 4) is 0 Å². The number of carbonyl (C=O) groups excluding carboxylic acids is 1. The van der Waals surface area contributed by atoms with Crippen LogP contribution in [0.1, 0.15) is 38.5 Å². The molecule has 2 aromatic heterocycles. The van der Waals surface area contributed by atoms with Gasteiger partial charge in [0.15, 0.2) is 5.65 Å². The van der Waals surface area contributed by atoms with Crippen LogP contribution in [0.3, 0.4) is 0 Å². The molecule has 1 aliphatic carbocycles. The molecule has 1 aliphatic heterocycles. The van der Waals surface area contributed by atoms with Gasteiger partial charge in [-0.1, -0.05) is 12.8 Å². The quantitative estimate of drug-likeness (QED) is 0.832. The average molecular weight is 380 g/mol. The van der Waals surface area contributed by atoms with Gasteiger partial charge in [-0.15, -0.1) is 12.4 Å². The molecule has 0 unspecified atom stereocenters. The van der Waals surface area contributed by atoms with Crippen LogP contribution in [0.25, 0.3) is 11.0 Å². The molecule has 0 spiro atoms. The monoisotopic (exact) mass is 379 g/mol. The molecule has 1 saturated heterocycles. The molecular weight excluding hydrogens is 354 g/mol. The van der Waals surface area contributed by atoms with Gasteiger partial charge < -0.3 is 10.2 Å². The Morgan fingerprint density at radius 2 is 1.88 bits per heavy atom. The number of carbonyl (C=O) groups is 1. The zero-order valence-electron chi connectivity index (χ0n) is 14.9. The van der Waals surface area contributed by atoms with E-state index in [1.807, 2.05) is 4.68 Å². The predicted octanol–water partition coefficient (Wildman–Crippen LogP) is 2.41. The standard InChI is InChI=1S/C17H25N7O.ClH/c25-17(21-13-5-6-13)22-15-14-11-20-24(16(14)19-12-18-15)10-9-23-7-3-1-2-4-8-23;/h11-13H,1-10H2,(H2,18,19,21,22,25);1H. The first-order chi connectivity index (χ1) is 12.3. The summed E-state index contributed by atoms with van der Waals surface area (Å²) < 4.78 is 1.91. The predicted molar refractivity (Wildman–Crippen MR) is 103 cm³/mol. The summed E-state index contributed by atoms with van der Waals surface area (Å²) in [7, 11) is 0. The Balaban J connectivity index is 0.00000196. The Hall–Kier alpha value is -1.93. The molecule has 2 aromatic rings. The normalized spacial score (nSPS) is 18.2. The smallest absolute Gasteiger partial charge is 0.320 e. The van der Waals surface area contributed by atoms with Crippen LogP contribution in [0, 0.1) is 0 Å². The van der Waals surface area contributed by atoms with Crippen LogP contribution in [0.15, 0.2) is 12.5 Å². The fourth-order valence-corrected chi connectivity index (χ4v) is 3.31. The molecule has 0 atom stereocenters. The first kappa shape index (κ1) is 18.8. The largest absolute Gasteiger partial charge is 0.335 e. The Morgan fingerprint density at radius 1 is 1.12 bits per heavy atom. The van der Waals surface area contributed by atoms with Gasteiger partial charge in [0.2, 0.25) is 0 Å². The molecule has 2 aliphatic rings. The van der Waals surface area contributed by atoms with Crippen LogP contribution in [-0.4, -0.2) is 56.4 Å². The van der Waals surface area contributed by atoms with E-state index < -0.39 is 0 Å². The van der Waals surface area contributed by atoms with Gasteiger partial charge in [0, 0.05) is 12.6 Å². The van der Waals surface area contributed by atoms with Gasteiger partial charge in [0.1, 0.15) is 12.1 Å². The van der Waals surface area contributed by atoms with Crippen molar-refractivity contribution >= 4 is 35.3 Å². The molecule has 0 aromatic carbocycles. The van der Waals surface area contributed by atoms with Gasteiger partial charge in [-0.25, -0.2) is 19.4 Å². The number of anilines is 1. The maximum atomic E-state index is 12.0. The zero-order valence-corrected chi connectivity index (χ0v) is 15.7. The molecule has 142 valence electrons. The fraction of sp³-hybridized carbons (Fsp3) is 0.647. The Morgan fingerprint density at radius 3 is 2.62 bits per heavy atom. The molecule has 3 heterocycles. The number of likely N-dealkylation sites (tertiary alicyclic amines) is 1. The first-order valence-electron chi connectivity index (χ1n) is 9.26. The topological polar surface area (TPSA) is 88.0 Å². The van der Waals surface area contributed by atoms with Crippen molar-refractivity contribution in [2.75, 3.05) is 25.0 Å². The highest BCUT2D eigenvalue weighted by Crippen LogP contribution is 2.21. The molecular formula is C17H26ClN7O. The van der Waals surface area contributed by atoms with E-state index in [1.54, 1.807) is 6.20 Å². The molecule has 2 N–H and O–H groups in total. The Labute approximate surface area is 159 Å². The van der Waals surface area contributed by atoms with Crippen molar-refractivity contribution in [3.05, 3.63) is 12.5 Å². The third kappa shape index (κ3) is 4.62. The lowest BCUT2D eigenvalue weighted by atomic mass is 10.2. The van der Waals surface area contributed by atoms with Crippen molar-refractivity contribution in [2.45, 2.75) is 51.1 Å². The number of fused-ring (bicyclic) bond motifs is 1. The van der Waals surface area contributed by atoms with Crippen LogP contribution in [-0.2, 0) is 6.54 Å². The average Bonchev–Trinajstić information content (AvgIpc) is 3.37. The van der Waals surface area contributed by atoms with Gasteiger partial charge in [0.05, 0.1) is 18.1 Å². The fourth-order valence-electron chi connectivity index (χ4n) is 3.31. The van der Waals surface area contributed by atoms with Crippen molar-refractivity contribution < 1.29 is 4.79 Å². The highest BCUT2D eigenvalue weighted by atomic mass is 35.5. The van der Waals surface area contributed by atoms with E-state index in [4.69, 9.17) is 0 Å². The number of hydrogen-bond donors (Lipinski definition) is 2. The van der Waals surface area contributed by atoms with Gasteiger partial charge in [-0.2, -0.15) is 5.10 Å². The van der Waals surface area contributed by atoms with E-state index in [1.165, 1.54) is 45.1 Å². The number of nitrogens with one attached hydrogen (secondary N) is 2. The van der Waals surface area contributed by atoms with Gasteiger partial charge in [-0.05, 0) is 38.8 Å². The van der Waals surface area contributed by atoms with E-state index in [0.29, 0.717) is 11.9 Å². The van der Waals surface area contributed by atoms with E-state index in [2.05, 4.69) is 30.6 Å². The van der Waals surface area contributed by atoms with Crippen molar-refractivity contribution in [1.82, 2.24) is 30.0 Å². The molecule has 2 fully saturated rings. The highest BCUT2D eigenvalue weighted by molar-refractivity contribution is 5.97. The van der Waals surface area contributed by atoms with Gasteiger partial charge >= 0.3 is 6.03 Å². The highest BCUT2D eigenvalue weighted by Gasteiger charge is 2.23. The van der Waals surface area contributed by atoms with Crippen molar-refractivity contribution in [1.29, 1.82) is 0 Å². The van der Waals surface area contributed by atoms with E-state index >= 15 is 0 Å². The maximum absolute atomic E-state index is 12.0. The molecule has 26 heavy (non-hydrogen) atoms. The third-order valence-electron chi connectivity index (χ3n) is 4.90. The van der Waals surface area contributed by atoms with E-state index in [-0.39, 0.29) is 18.4 Å². The Kier molecular flexibility index (Phi) is 6.26. The molecule has 9 heteroatoms. The lowest BCUT2D eigenvalue weighted by Crippen LogP contribution is -2.30. The summed E-state index contributed by atoms with van der Waals surface area (Å²) in [5.74, 6) is 0.518. The minimum absolute atomic E-state index is 0. The summed E-state index contributed by atoms with van der Waals surface area (Å²) in [6, 6.07) is 0.105. The number of nitrogens with zero attached hydrogens (tertiary/aromatic N) is 5. The molecule has 8 nitrogen and oxygen atoms in total. The summed E-state index contributed by atoms with van der Waals surface area (Å²) in [6.07, 6.45) is 10.6. The lowest BCUT2D eigenvalue weighted by molar-refractivity contribution is 0.251. The van der Waals surface area contributed by atoms with Crippen LogP contribution in [0.4, 0.5) is 10.6 Å². The Bertz CT molecular complexity index is 738. The SMILES string of the molecule is Cl.O=C(Nc1ncnc2c1cnn2CCN1CCCCCC1)NC1CC1. The first-order valence-corrected chi connectivity index (χ1v) is 9.26. The molecule has 4 rings (SSSR count). The van der Waals surface area contributed by atoms with Crippen LogP contribution < -0.4 is 10.6 Å². The molecule has 0 bridgehead atoms. The van der Waals surface area contributed by atoms with Crippen LogP contribution in [0.5, 0.6) is 0 Å².